The van der Waals surface area contributed by atoms with Gasteiger partial charge in [-0.3, -0.25) is 0 Å². The van der Waals surface area contributed by atoms with Crippen LogP contribution >= 0.6 is 0 Å². The van der Waals surface area contributed by atoms with E-state index in [0.717, 1.165) is 29.6 Å². The summed E-state index contributed by atoms with van der Waals surface area (Å²) in [5.41, 5.74) is 0. The van der Waals surface area contributed by atoms with Crippen molar-refractivity contribution in [1.82, 2.24) is 0 Å². The average Bonchev–Trinajstić information content (AvgIpc) is 2.68. The highest BCUT2D eigenvalue weighted by Crippen LogP contribution is 2.39. The van der Waals surface area contributed by atoms with Crippen LogP contribution in [0.25, 0.3) is 0 Å². The predicted molar refractivity (Wildman–Crippen MR) is 110 cm³/mol. The first-order valence-electron chi connectivity index (χ1n) is 11.3. The van der Waals surface area contributed by atoms with Crippen molar-refractivity contribution in [3.05, 3.63) is 37.0 Å². The highest BCUT2D eigenvalue weighted by molar-refractivity contribution is 5.08. The van der Waals surface area contributed by atoms with E-state index in [-0.39, 0.29) is 0 Å². The largest absolute Gasteiger partial charge is 0.103 e. The van der Waals surface area contributed by atoms with Crippen LogP contribution in [0, 0.1) is 35.5 Å². The molecule has 2 atom stereocenters. The lowest BCUT2D eigenvalue weighted by Crippen LogP contribution is -2.22. The molecule has 0 heteroatoms. The Morgan fingerprint density at radius 2 is 1.52 bits per heavy atom. The Bertz CT molecular complexity index is 441. The van der Waals surface area contributed by atoms with Gasteiger partial charge in [0, 0.05) is 0 Å². The molecule has 3 aliphatic carbocycles. The molecule has 0 aromatic rings. The first-order chi connectivity index (χ1) is 12.3. The van der Waals surface area contributed by atoms with Crippen LogP contribution < -0.4 is 0 Å². The van der Waals surface area contributed by atoms with Crippen LogP contribution in [-0.2, 0) is 0 Å². The molecule has 0 aromatic carbocycles. The Morgan fingerprint density at radius 1 is 0.800 bits per heavy atom. The van der Waals surface area contributed by atoms with E-state index in [4.69, 9.17) is 0 Å². The lowest BCUT2D eigenvalue weighted by molar-refractivity contribution is 0.235. The Morgan fingerprint density at radius 3 is 2.12 bits per heavy atom. The van der Waals surface area contributed by atoms with Crippen LogP contribution in [0.15, 0.2) is 37.0 Å². The van der Waals surface area contributed by atoms with E-state index < -0.39 is 0 Å². The Hall–Kier alpha value is -0.780. The average molecular weight is 341 g/mol. The van der Waals surface area contributed by atoms with Gasteiger partial charge in [0.15, 0.2) is 0 Å². The quantitative estimate of drug-likeness (QED) is 0.434. The number of rotatable bonds is 6. The van der Waals surface area contributed by atoms with Gasteiger partial charge in [0.05, 0.1) is 0 Å². The molecule has 0 heterocycles. The Kier molecular flexibility index (Phi) is 7.44. The van der Waals surface area contributed by atoms with Crippen LogP contribution in [-0.4, -0.2) is 0 Å². The molecular weight excluding hydrogens is 300 g/mol. The van der Waals surface area contributed by atoms with E-state index in [2.05, 4.69) is 43.9 Å². The Balaban J connectivity index is 1.40. The van der Waals surface area contributed by atoms with E-state index in [0.29, 0.717) is 5.92 Å². The molecule has 0 N–H and O–H groups in total. The third-order valence-electron chi connectivity index (χ3n) is 7.41. The van der Waals surface area contributed by atoms with Crippen molar-refractivity contribution in [2.75, 3.05) is 0 Å². The molecule has 0 radical (unpaired) electrons. The molecule has 0 amide bonds. The van der Waals surface area contributed by atoms with Crippen molar-refractivity contribution in [2.45, 2.75) is 84.0 Å². The normalized spacial score (nSPS) is 39.6. The summed E-state index contributed by atoms with van der Waals surface area (Å²) in [7, 11) is 0. The second kappa shape index (κ2) is 9.79. The van der Waals surface area contributed by atoms with E-state index in [1.54, 1.807) is 0 Å². The van der Waals surface area contributed by atoms with Gasteiger partial charge in [-0.2, -0.15) is 0 Å². The summed E-state index contributed by atoms with van der Waals surface area (Å²) in [4.78, 5) is 0. The zero-order valence-electron chi connectivity index (χ0n) is 16.5. The summed E-state index contributed by atoms with van der Waals surface area (Å²) in [6.45, 7) is 6.32. The SMILES string of the molecule is C=CC1CCC(C2C=CC(/C=C/C3CCC(CCC)CC3)CC2)CC1. The van der Waals surface area contributed by atoms with Crippen molar-refractivity contribution < 1.29 is 0 Å². The second-order valence-electron chi connectivity index (χ2n) is 9.15. The molecule has 0 aliphatic heterocycles. The van der Waals surface area contributed by atoms with Gasteiger partial charge in [-0.15, -0.1) is 6.58 Å². The summed E-state index contributed by atoms with van der Waals surface area (Å²) in [6, 6.07) is 0. The van der Waals surface area contributed by atoms with E-state index in [1.165, 1.54) is 77.0 Å². The van der Waals surface area contributed by atoms with Crippen molar-refractivity contribution in [1.29, 1.82) is 0 Å². The van der Waals surface area contributed by atoms with Gasteiger partial charge in [0.2, 0.25) is 0 Å². The molecule has 0 nitrogen and oxygen atoms in total. The molecular formula is C25H40. The summed E-state index contributed by atoms with van der Waals surface area (Å²) >= 11 is 0. The van der Waals surface area contributed by atoms with E-state index in [1.807, 2.05) is 0 Å². The summed E-state index contributed by atoms with van der Waals surface area (Å²) in [6.07, 6.45) is 29.5. The minimum atomic E-state index is 0.717. The standard InChI is InChI=1S/C25H40/c1-3-5-21-6-8-22(9-7-21)10-11-23-14-18-25(19-15-23)24-16-12-20(4-2)13-17-24/h4,10-11,14,18,20-25H,2-3,5-9,12-13,15-17,19H2,1H3/b11-10+. The maximum atomic E-state index is 3.98. The van der Waals surface area contributed by atoms with Gasteiger partial charge in [0.25, 0.3) is 0 Å². The van der Waals surface area contributed by atoms with Crippen LogP contribution in [0.4, 0.5) is 0 Å². The maximum absolute atomic E-state index is 3.98. The first-order valence-corrected chi connectivity index (χ1v) is 11.3. The fourth-order valence-corrected chi connectivity index (χ4v) is 5.60. The Labute approximate surface area is 156 Å². The van der Waals surface area contributed by atoms with E-state index >= 15 is 0 Å². The minimum Gasteiger partial charge on any atom is -0.103 e. The number of hydrogen-bond donors (Lipinski definition) is 0. The van der Waals surface area contributed by atoms with Gasteiger partial charge < -0.3 is 0 Å². The highest BCUT2D eigenvalue weighted by Gasteiger charge is 2.27. The second-order valence-corrected chi connectivity index (χ2v) is 9.15. The highest BCUT2D eigenvalue weighted by atomic mass is 14.3. The molecule has 3 rings (SSSR count). The molecule has 2 unspecified atom stereocenters. The van der Waals surface area contributed by atoms with Gasteiger partial charge in [-0.1, -0.05) is 50.1 Å². The van der Waals surface area contributed by atoms with Gasteiger partial charge in [-0.05, 0) is 99.7 Å². The topological polar surface area (TPSA) is 0 Å². The molecule has 0 spiro atoms. The molecule has 140 valence electrons. The lowest BCUT2D eigenvalue weighted by atomic mass is 9.72. The molecule has 2 fully saturated rings. The monoisotopic (exact) mass is 340 g/mol. The molecule has 3 aliphatic rings. The van der Waals surface area contributed by atoms with Crippen molar-refractivity contribution >= 4 is 0 Å². The van der Waals surface area contributed by atoms with Crippen molar-refractivity contribution in [3.8, 4) is 0 Å². The van der Waals surface area contributed by atoms with Crippen LogP contribution in [0.3, 0.4) is 0 Å². The van der Waals surface area contributed by atoms with Gasteiger partial charge >= 0.3 is 0 Å². The number of hydrogen-bond acceptors (Lipinski definition) is 0. The molecule has 0 aromatic heterocycles. The summed E-state index contributed by atoms with van der Waals surface area (Å²) in [5, 5.41) is 0. The zero-order chi connectivity index (χ0) is 17.5. The summed E-state index contributed by atoms with van der Waals surface area (Å²) in [5.74, 6) is 5.22. The third kappa shape index (κ3) is 5.60. The smallest absolute Gasteiger partial charge is 0.00531 e. The van der Waals surface area contributed by atoms with Crippen molar-refractivity contribution in [3.63, 3.8) is 0 Å². The molecule has 0 bridgehead atoms. The maximum Gasteiger partial charge on any atom is -0.00531 e. The van der Waals surface area contributed by atoms with Crippen LogP contribution in [0.2, 0.25) is 0 Å². The van der Waals surface area contributed by atoms with E-state index in [9.17, 15) is 0 Å². The lowest BCUT2D eigenvalue weighted by Gasteiger charge is -2.34. The summed E-state index contributed by atoms with van der Waals surface area (Å²) < 4.78 is 0. The van der Waals surface area contributed by atoms with Gasteiger partial charge in [-0.25, -0.2) is 0 Å². The van der Waals surface area contributed by atoms with Crippen LogP contribution in [0.1, 0.15) is 84.0 Å². The zero-order valence-corrected chi connectivity index (χ0v) is 16.5. The van der Waals surface area contributed by atoms with Gasteiger partial charge in [0.1, 0.15) is 0 Å². The minimum absolute atomic E-state index is 0.717. The number of allylic oxidation sites excluding steroid dienone is 5. The predicted octanol–water partition coefficient (Wildman–Crippen LogP) is 7.72. The molecule has 0 saturated heterocycles. The molecule has 2 saturated carbocycles. The fourth-order valence-electron chi connectivity index (χ4n) is 5.60. The molecule has 25 heavy (non-hydrogen) atoms. The first kappa shape index (κ1) is 19.0. The van der Waals surface area contributed by atoms with Crippen molar-refractivity contribution in [2.24, 2.45) is 35.5 Å². The van der Waals surface area contributed by atoms with Crippen LogP contribution in [0.5, 0.6) is 0 Å². The fraction of sp³-hybridized carbons (Fsp3) is 0.760. The third-order valence-corrected chi connectivity index (χ3v) is 7.41.